The molecule has 2 N–H and O–H groups in total. The Morgan fingerprint density at radius 3 is 2.39 bits per heavy atom. The predicted octanol–water partition coefficient (Wildman–Crippen LogP) is 7.73. The molecular formula is C34H28Cl2F4N2O4. The van der Waals surface area contributed by atoms with Crippen molar-refractivity contribution in [2.45, 2.75) is 37.2 Å². The molecular weight excluding hydrogens is 647 g/mol. The van der Waals surface area contributed by atoms with E-state index in [4.69, 9.17) is 42.8 Å². The minimum absolute atomic E-state index is 0.00829. The van der Waals surface area contributed by atoms with Crippen LogP contribution >= 0.6 is 23.2 Å². The Hall–Kier alpha value is -4.12. The summed E-state index contributed by atoms with van der Waals surface area (Å²) < 4.78 is 66.3. The summed E-state index contributed by atoms with van der Waals surface area (Å²) in [6.07, 6.45) is -5.38. The number of aliphatic hydroxyl groups excluding tert-OH is 1. The van der Waals surface area contributed by atoms with Crippen LogP contribution in [0.25, 0.3) is 0 Å². The summed E-state index contributed by atoms with van der Waals surface area (Å²) >= 11 is 12.8. The topological polar surface area (TPSA) is 80.2 Å². The van der Waals surface area contributed by atoms with E-state index >= 15 is 0 Å². The Morgan fingerprint density at radius 2 is 1.72 bits per heavy atom. The first-order valence-corrected chi connectivity index (χ1v) is 15.0. The number of hydrogen-bond acceptors (Lipinski definition) is 5. The van der Waals surface area contributed by atoms with Crippen molar-refractivity contribution in [2.24, 2.45) is 4.99 Å². The van der Waals surface area contributed by atoms with Crippen LogP contribution in [0.1, 0.15) is 40.3 Å². The summed E-state index contributed by atoms with van der Waals surface area (Å²) in [6.45, 7) is -0.103. The molecule has 4 aromatic rings. The number of amides is 1. The fraction of sp³-hybridized carbons (Fsp3) is 0.235. The van der Waals surface area contributed by atoms with E-state index in [9.17, 15) is 22.4 Å². The molecule has 1 amide bonds. The highest BCUT2D eigenvalue weighted by atomic mass is 35.5. The van der Waals surface area contributed by atoms with Crippen molar-refractivity contribution in [2.75, 3.05) is 13.2 Å². The van der Waals surface area contributed by atoms with E-state index in [1.54, 1.807) is 48.5 Å². The number of aliphatic hydroxyl groups is 1. The maximum Gasteiger partial charge on any atom is 0.416 e. The minimum Gasteiger partial charge on any atom is -0.494 e. The Balaban J connectivity index is 1.57. The third-order valence-corrected chi connectivity index (χ3v) is 7.89. The largest absolute Gasteiger partial charge is 0.494 e. The number of alkyl halides is 3. The summed E-state index contributed by atoms with van der Waals surface area (Å²) in [5.41, 5.74) is -1.31. The van der Waals surface area contributed by atoms with Crippen molar-refractivity contribution in [1.29, 1.82) is 0 Å². The molecule has 0 spiro atoms. The highest BCUT2D eigenvalue weighted by molar-refractivity contribution is 6.35. The standard InChI is InChI=1S/C34H28Cl2F4N2O4/c35-25-9-12-28(29(36)18-25)30-33(19-21-5-2-1-3-6-21,32(44)41-20-22-15-24(34(38,39)40)17-26(37)16-22)42-31(46-30)23-7-10-27(11-8-23)45-14-4-13-43/h1-3,5-12,15-18,30,43H,4,13-14,19-20H2,(H,41,44)/t30-,33-/m1/s1. The Morgan fingerprint density at radius 1 is 0.978 bits per heavy atom. The summed E-state index contributed by atoms with van der Waals surface area (Å²) in [5.74, 6) is -1.09. The zero-order valence-electron chi connectivity index (χ0n) is 24.2. The second-order valence-corrected chi connectivity index (χ2v) is 11.5. The highest BCUT2D eigenvalue weighted by Crippen LogP contribution is 2.45. The molecule has 4 aromatic carbocycles. The molecule has 0 unspecified atom stereocenters. The van der Waals surface area contributed by atoms with Gasteiger partial charge in [0.2, 0.25) is 5.90 Å². The molecule has 0 saturated carbocycles. The first-order valence-electron chi connectivity index (χ1n) is 14.2. The molecule has 12 heteroatoms. The van der Waals surface area contributed by atoms with E-state index in [1.807, 2.05) is 18.2 Å². The number of ether oxygens (including phenoxy) is 2. The Labute approximate surface area is 272 Å². The predicted molar refractivity (Wildman–Crippen MR) is 167 cm³/mol. The first kappa shape index (κ1) is 33.2. The van der Waals surface area contributed by atoms with Gasteiger partial charge < -0.3 is 19.9 Å². The zero-order chi connectivity index (χ0) is 32.9. The number of benzene rings is 4. The molecule has 1 aliphatic rings. The number of halogens is 6. The van der Waals surface area contributed by atoms with Gasteiger partial charge in [-0.15, -0.1) is 0 Å². The van der Waals surface area contributed by atoms with Gasteiger partial charge >= 0.3 is 6.18 Å². The van der Waals surface area contributed by atoms with Crippen LogP contribution in [0.4, 0.5) is 17.6 Å². The number of rotatable bonds is 11. The lowest BCUT2D eigenvalue weighted by atomic mass is 9.82. The monoisotopic (exact) mass is 674 g/mol. The summed E-state index contributed by atoms with van der Waals surface area (Å²) in [5, 5.41) is 12.3. The minimum atomic E-state index is -4.77. The maximum absolute atomic E-state index is 14.3. The summed E-state index contributed by atoms with van der Waals surface area (Å²) in [6, 6.07) is 22.7. The van der Waals surface area contributed by atoms with Crippen LogP contribution in [0.15, 0.2) is 96.0 Å². The van der Waals surface area contributed by atoms with Gasteiger partial charge in [-0.05, 0) is 65.7 Å². The van der Waals surface area contributed by atoms with Crippen molar-refractivity contribution in [3.05, 3.63) is 135 Å². The van der Waals surface area contributed by atoms with Crippen LogP contribution in [-0.4, -0.2) is 35.7 Å². The van der Waals surface area contributed by atoms with Gasteiger partial charge in [-0.25, -0.2) is 9.38 Å². The molecule has 2 atom stereocenters. The fourth-order valence-electron chi connectivity index (χ4n) is 5.13. The number of nitrogens with zero attached hydrogens (tertiary/aromatic N) is 1. The third-order valence-electron chi connectivity index (χ3n) is 7.33. The lowest BCUT2D eigenvalue weighted by Gasteiger charge is -2.31. The molecule has 0 radical (unpaired) electrons. The lowest BCUT2D eigenvalue weighted by molar-refractivity contribution is -0.137. The van der Waals surface area contributed by atoms with Crippen molar-refractivity contribution in [3.63, 3.8) is 0 Å². The van der Waals surface area contributed by atoms with E-state index in [1.165, 1.54) is 6.07 Å². The normalized spacial score (nSPS) is 17.7. The summed E-state index contributed by atoms with van der Waals surface area (Å²) in [7, 11) is 0. The zero-order valence-corrected chi connectivity index (χ0v) is 25.7. The molecule has 46 heavy (non-hydrogen) atoms. The first-order chi connectivity index (χ1) is 22.0. The smallest absolute Gasteiger partial charge is 0.416 e. The third kappa shape index (κ3) is 7.63. The molecule has 6 nitrogen and oxygen atoms in total. The highest BCUT2D eigenvalue weighted by Gasteiger charge is 2.54. The Bertz CT molecular complexity index is 1720. The van der Waals surface area contributed by atoms with Crippen molar-refractivity contribution < 1.29 is 36.9 Å². The van der Waals surface area contributed by atoms with Crippen LogP contribution in [0.5, 0.6) is 5.75 Å². The van der Waals surface area contributed by atoms with Gasteiger partial charge in [-0.2, -0.15) is 13.2 Å². The molecule has 0 aliphatic carbocycles. The van der Waals surface area contributed by atoms with Gasteiger partial charge in [0.15, 0.2) is 11.6 Å². The SMILES string of the molecule is O=C(NCc1cc(F)cc(C(F)(F)F)c1)[C@]1(Cc2ccccc2)N=C(c2ccc(OCCCO)cc2)O[C@@H]1c1ccc(Cl)cc1Cl. The van der Waals surface area contributed by atoms with Gasteiger partial charge in [-0.3, -0.25) is 4.79 Å². The van der Waals surface area contributed by atoms with Crippen LogP contribution in [-0.2, 0) is 28.7 Å². The maximum atomic E-state index is 14.3. The van der Waals surface area contributed by atoms with Crippen molar-refractivity contribution in [1.82, 2.24) is 5.32 Å². The fourth-order valence-corrected chi connectivity index (χ4v) is 5.64. The molecule has 0 aromatic heterocycles. The molecule has 0 fully saturated rings. The Kier molecular flexibility index (Phi) is 10.2. The van der Waals surface area contributed by atoms with E-state index in [0.29, 0.717) is 41.0 Å². The van der Waals surface area contributed by atoms with Crippen LogP contribution in [0.3, 0.4) is 0 Å². The number of carbonyl (C=O) groups excluding carboxylic acids is 1. The number of carbonyl (C=O) groups is 1. The number of aliphatic imine (C=N–C) groups is 1. The summed E-state index contributed by atoms with van der Waals surface area (Å²) in [4.78, 5) is 19.2. The van der Waals surface area contributed by atoms with E-state index in [-0.39, 0.29) is 29.5 Å². The van der Waals surface area contributed by atoms with E-state index in [2.05, 4.69) is 5.32 Å². The molecule has 0 bridgehead atoms. The van der Waals surface area contributed by atoms with E-state index in [0.717, 1.165) is 17.7 Å². The number of hydrogen-bond donors (Lipinski definition) is 2. The van der Waals surface area contributed by atoms with Gasteiger partial charge in [0, 0.05) is 47.2 Å². The molecule has 1 heterocycles. The van der Waals surface area contributed by atoms with Crippen LogP contribution in [0.2, 0.25) is 10.0 Å². The van der Waals surface area contributed by atoms with Gasteiger partial charge in [0.05, 0.1) is 12.2 Å². The molecule has 1 aliphatic heterocycles. The van der Waals surface area contributed by atoms with Crippen molar-refractivity contribution in [3.8, 4) is 5.75 Å². The van der Waals surface area contributed by atoms with Crippen molar-refractivity contribution >= 4 is 35.0 Å². The molecule has 240 valence electrons. The lowest BCUT2D eigenvalue weighted by Crippen LogP contribution is -2.49. The molecule has 5 rings (SSSR count). The van der Waals surface area contributed by atoms with Crippen LogP contribution < -0.4 is 10.1 Å². The van der Waals surface area contributed by atoms with Gasteiger partial charge in [-0.1, -0.05) is 59.6 Å². The quantitative estimate of drug-likeness (QED) is 0.126. The number of nitrogens with one attached hydrogen (secondary N) is 1. The van der Waals surface area contributed by atoms with Gasteiger partial charge in [0.1, 0.15) is 11.6 Å². The average molecular weight is 676 g/mol. The average Bonchev–Trinajstić information content (AvgIpc) is 3.40. The second kappa shape index (κ2) is 14.1. The van der Waals surface area contributed by atoms with Gasteiger partial charge in [0.25, 0.3) is 5.91 Å². The van der Waals surface area contributed by atoms with E-state index < -0.39 is 41.7 Å². The molecule has 0 saturated heterocycles. The second-order valence-electron chi connectivity index (χ2n) is 10.6. The van der Waals surface area contributed by atoms with Crippen LogP contribution in [0, 0.1) is 5.82 Å².